The minimum absolute atomic E-state index is 0.222. The van der Waals surface area contributed by atoms with Gasteiger partial charge in [-0.25, -0.2) is 9.78 Å². The summed E-state index contributed by atoms with van der Waals surface area (Å²) in [5.74, 6) is -0.228. The second kappa shape index (κ2) is 4.84. The SMILES string of the molecule is O=C(O)c1nc(OCCC2CC2)c2ccccc2n1. The normalized spacial score (nSPS) is 14.5. The number of carboxylic acids is 1. The second-order valence-corrected chi connectivity index (χ2v) is 4.76. The Morgan fingerprint density at radius 1 is 1.32 bits per heavy atom. The van der Waals surface area contributed by atoms with Gasteiger partial charge in [-0.3, -0.25) is 0 Å². The van der Waals surface area contributed by atoms with E-state index in [-0.39, 0.29) is 5.82 Å². The van der Waals surface area contributed by atoms with Crippen LogP contribution >= 0.6 is 0 Å². The van der Waals surface area contributed by atoms with Crippen LogP contribution in [0.3, 0.4) is 0 Å². The van der Waals surface area contributed by atoms with E-state index in [2.05, 4.69) is 9.97 Å². The van der Waals surface area contributed by atoms with Crippen molar-refractivity contribution in [3.8, 4) is 5.88 Å². The summed E-state index contributed by atoms with van der Waals surface area (Å²) in [5, 5.41) is 9.76. The second-order valence-electron chi connectivity index (χ2n) is 4.76. The van der Waals surface area contributed by atoms with E-state index in [1.165, 1.54) is 12.8 Å². The highest BCUT2D eigenvalue weighted by molar-refractivity contribution is 5.89. The van der Waals surface area contributed by atoms with E-state index < -0.39 is 5.97 Å². The van der Waals surface area contributed by atoms with E-state index in [0.29, 0.717) is 18.0 Å². The Balaban J connectivity index is 1.91. The number of fused-ring (bicyclic) bond motifs is 1. The molecule has 0 bridgehead atoms. The van der Waals surface area contributed by atoms with E-state index in [0.717, 1.165) is 17.7 Å². The molecule has 0 unspecified atom stereocenters. The van der Waals surface area contributed by atoms with Crippen molar-refractivity contribution in [1.29, 1.82) is 0 Å². The number of para-hydroxylation sites is 1. The first-order chi connectivity index (χ1) is 9.24. The Hall–Kier alpha value is -2.17. The molecule has 0 radical (unpaired) electrons. The molecule has 5 heteroatoms. The van der Waals surface area contributed by atoms with Crippen LogP contribution in [0, 0.1) is 5.92 Å². The largest absolute Gasteiger partial charge is 0.477 e. The molecule has 1 aromatic heterocycles. The monoisotopic (exact) mass is 258 g/mol. The summed E-state index contributed by atoms with van der Waals surface area (Å²) in [6.45, 7) is 0.574. The van der Waals surface area contributed by atoms with E-state index in [1.54, 1.807) is 6.07 Å². The highest BCUT2D eigenvalue weighted by Crippen LogP contribution is 2.32. The minimum Gasteiger partial charge on any atom is -0.477 e. The highest BCUT2D eigenvalue weighted by atomic mass is 16.5. The van der Waals surface area contributed by atoms with Gasteiger partial charge < -0.3 is 9.84 Å². The lowest BCUT2D eigenvalue weighted by Crippen LogP contribution is -2.08. The molecule has 0 aliphatic heterocycles. The first kappa shape index (κ1) is 11.9. The number of ether oxygens (including phenoxy) is 1. The fraction of sp³-hybridized carbons (Fsp3) is 0.357. The summed E-state index contributed by atoms with van der Waals surface area (Å²) in [6.07, 6.45) is 3.54. The van der Waals surface area contributed by atoms with E-state index >= 15 is 0 Å². The standard InChI is InChI=1S/C14H14N2O3/c17-14(18)12-15-11-4-2-1-3-10(11)13(16-12)19-8-7-9-5-6-9/h1-4,9H,5-8H2,(H,17,18). The molecule has 0 atom stereocenters. The molecule has 1 aliphatic carbocycles. The number of hydrogen-bond acceptors (Lipinski definition) is 4. The third kappa shape index (κ3) is 2.65. The van der Waals surface area contributed by atoms with Gasteiger partial charge in [-0.2, -0.15) is 4.98 Å². The van der Waals surface area contributed by atoms with Gasteiger partial charge in [0.15, 0.2) is 0 Å². The maximum absolute atomic E-state index is 11.0. The first-order valence-corrected chi connectivity index (χ1v) is 6.37. The number of aromatic carboxylic acids is 1. The molecule has 0 amide bonds. The quantitative estimate of drug-likeness (QED) is 0.892. The van der Waals surface area contributed by atoms with E-state index in [9.17, 15) is 4.79 Å². The first-order valence-electron chi connectivity index (χ1n) is 6.37. The molecule has 1 aliphatic rings. The van der Waals surface area contributed by atoms with Crippen molar-refractivity contribution < 1.29 is 14.6 Å². The van der Waals surface area contributed by atoms with Gasteiger partial charge in [0.2, 0.25) is 11.7 Å². The zero-order chi connectivity index (χ0) is 13.2. The van der Waals surface area contributed by atoms with Crippen LogP contribution in [0.1, 0.15) is 29.9 Å². The van der Waals surface area contributed by atoms with Crippen LogP contribution in [0.2, 0.25) is 0 Å². The van der Waals surface area contributed by atoms with Gasteiger partial charge in [-0.1, -0.05) is 25.0 Å². The van der Waals surface area contributed by atoms with Gasteiger partial charge in [0.05, 0.1) is 17.5 Å². The molecule has 0 spiro atoms. The molecule has 1 aromatic carbocycles. The van der Waals surface area contributed by atoms with Crippen LogP contribution in [-0.4, -0.2) is 27.7 Å². The summed E-state index contributed by atoms with van der Waals surface area (Å²) in [7, 11) is 0. The predicted octanol–water partition coefficient (Wildman–Crippen LogP) is 2.51. The summed E-state index contributed by atoms with van der Waals surface area (Å²) >= 11 is 0. The van der Waals surface area contributed by atoms with Gasteiger partial charge in [0.25, 0.3) is 0 Å². The van der Waals surface area contributed by atoms with Crippen molar-refractivity contribution in [1.82, 2.24) is 9.97 Å². The average Bonchev–Trinajstić information content (AvgIpc) is 3.22. The molecule has 2 aromatic rings. The van der Waals surface area contributed by atoms with Crippen LogP contribution in [-0.2, 0) is 0 Å². The fourth-order valence-corrected chi connectivity index (χ4v) is 1.98. The zero-order valence-electron chi connectivity index (χ0n) is 10.4. The number of benzene rings is 1. The third-order valence-corrected chi connectivity index (χ3v) is 3.22. The number of aromatic nitrogens is 2. The van der Waals surface area contributed by atoms with Gasteiger partial charge in [-0.05, 0) is 24.5 Å². The summed E-state index contributed by atoms with van der Waals surface area (Å²) < 4.78 is 5.65. The molecule has 1 saturated carbocycles. The Morgan fingerprint density at radius 2 is 2.11 bits per heavy atom. The lowest BCUT2D eigenvalue weighted by atomic mass is 10.2. The predicted molar refractivity (Wildman–Crippen MR) is 69.3 cm³/mol. The molecule has 19 heavy (non-hydrogen) atoms. The van der Waals surface area contributed by atoms with Gasteiger partial charge in [0.1, 0.15) is 0 Å². The topological polar surface area (TPSA) is 72.3 Å². The van der Waals surface area contributed by atoms with Gasteiger partial charge in [-0.15, -0.1) is 0 Å². The molecule has 1 N–H and O–H groups in total. The van der Waals surface area contributed by atoms with Crippen molar-refractivity contribution >= 4 is 16.9 Å². The number of rotatable bonds is 5. The molecule has 5 nitrogen and oxygen atoms in total. The van der Waals surface area contributed by atoms with E-state index in [4.69, 9.17) is 9.84 Å². The van der Waals surface area contributed by atoms with E-state index in [1.807, 2.05) is 18.2 Å². The van der Waals surface area contributed by atoms with Crippen LogP contribution in [0.15, 0.2) is 24.3 Å². The molecule has 1 fully saturated rings. The summed E-state index contributed by atoms with van der Waals surface area (Å²) in [6, 6.07) is 7.28. The van der Waals surface area contributed by atoms with Gasteiger partial charge in [0, 0.05) is 0 Å². The third-order valence-electron chi connectivity index (χ3n) is 3.22. The molecule has 1 heterocycles. The lowest BCUT2D eigenvalue weighted by Gasteiger charge is -2.08. The van der Waals surface area contributed by atoms with Crippen molar-refractivity contribution in [2.75, 3.05) is 6.61 Å². The van der Waals surface area contributed by atoms with Crippen molar-refractivity contribution in [2.45, 2.75) is 19.3 Å². The smallest absolute Gasteiger partial charge is 0.374 e. The molecule has 0 saturated heterocycles. The van der Waals surface area contributed by atoms with Crippen LogP contribution in [0.5, 0.6) is 5.88 Å². The Kier molecular flexibility index (Phi) is 3.03. The Morgan fingerprint density at radius 3 is 2.84 bits per heavy atom. The molecular weight excluding hydrogens is 244 g/mol. The summed E-state index contributed by atoms with van der Waals surface area (Å²) in [4.78, 5) is 19.0. The molecule has 3 rings (SSSR count). The number of nitrogens with zero attached hydrogens (tertiary/aromatic N) is 2. The number of carbonyl (C=O) groups is 1. The summed E-state index contributed by atoms with van der Waals surface area (Å²) in [5.41, 5.74) is 0.594. The van der Waals surface area contributed by atoms with Crippen molar-refractivity contribution in [3.63, 3.8) is 0 Å². The average molecular weight is 258 g/mol. The fourth-order valence-electron chi connectivity index (χ4n) is 1.98. The minimum atomic E-state index is -1.14. The number of carboxylic acid groups (broad SMARTS) is 1. The molecule has 98 valence electrons. The van der Waals surface area contributed by atoms with Gasteiger partial charge >= 0.3 is 5.97 Å². The Bertz CT molecular complexity index is 623. The Labute approximate surface area is 110 Å². The van der Waals surface area contributed by atoms with Crippen LogP contribution < -0.4 is 4.74 Å². The highest BCUT2D eigenvalue weighted by Gasteiger charge is 2.21. The maximum Gasteiger partial charge on any atom is 0.374 e. The lowest BCUT2D eigenvalue weighted by molar-refractivity contribution is 0.0682. The van der Waals surface area contributed by atoms with Crippen molar-refractivity contribution in [2.24, 2.45) is 5.92 Å². The van der Waals surface area contributed by atoms with Crippen molar-refractivity contribution in [3.05, 3.63) is 30.1 Å². The zero-order valence-corrected chi connectivity index (χ0v) is 10.4. The molecular formula is C14H14N2O3. The van der Waals surface area contributed by atoms with Crippen LogP contribution in [0.25, 0.3) is 10.9 Å². The maximum atomic E-state index is 11.0. The van der Waals surface area contributed by atoms with Crippen LogP contribution in [0.4, 0.5) is 0 Å². The number of hydrogen-bond donors (Lipinski definition) is 1.